The summed E-state index contributed by atoms with van der Waals surface area (Å²) < 4.78 is 0. The first-order valence-corrected chi connectivity index (χ1v) is 4.88. The normalized spacial score (nSPS) is 27.5. The maximum absolute atomic E-state index is 5.62. The van der Waals surface area contributed by atoms with Crippen LogP contribution < -0.4 is 11.1 Å². The fourth-order valence-electron chi connectivity index (χ4n) is 1.71. The molecule has 1 rings (SSSR count). The second kappa shape index (κ2) is 4.80. The molecule has 0 spiro atoms. The molecular formula is C9H21N3. The molecular weight excluding hydrogens is 150 g/mol. The Morgan fingerprint density at radius 2 is 2.42 bits per heavy atom. The van der Waals surface area contributed by atoms with E-state index in [0.717, 1.165) is 13.1 Å². The third kappa shape index (κ3) is 2.44. The average Bonchev–Trinajstić information content (AvgIpc) is 2.17. The highest BCUT2D eigenvalue weighted by Gasteiger charge is 2.20. The molecule has 3 N–H and O–H groups in total. The number of nitrogens with two attached hydrogens (primary N) is 1. The van der Waals surface area contributed by atoms with E-state index in [1.54, 1.807) is 0 Å². The van der Waals surface area contributed by atoms with Crippen LogP contribution in [0.1, 0.15) is 19.8 Å². The molecule has 0 aliphatic carbocycles. The zero-order valence-corrected chi connectivity index (χ0v) is 8.21. The number of hydrogen-bond acceptors (Lipinski definition) is 3. The van der Waals surface area contributed by atoms with Crippen LogP contribution in [-0.4, -0.2) is 43.7 Å². The lowest BCUT2D eigenvalue weighted by Crippen LogP contribution is -2.49. The quantitative estimate of drug-likeness (QED) is 0.629. The van der Waals surface area contributed by atoms with Gasteiger partial charge in [0.2, 0.25) is 0 Å². The van der Waals surface area contributed by atoms with Crippen LogP contribution in [0.2, 0.25) is 0 Å². The average molecular weight is 171 g/mol. The van der Waals surface area contributed by atoms with Crippen LogP contribution in [0.3, 0.4) is 0 Å². The minimum atomic E-state index is 0.509. The summed E-state index contributed by atoms with van der Waals surface area (Å²) in [4.78, 5) is 2.40. The van der Waals surface area contributed by atoms with Gasteiger partial charge in [-0.2, -0.15) is 0 Å². The Kier molecular flexibility index (Phi) is 3.98. The highest BCUT2D eigenvalue weighted by atomic mass is 15.2. The Balaban J connectivity index is 2.33. The number of likely N-dealkylation sites (N-methyl/N-ethyl adjacent to an activating group) is 1. The summed E-state index contributed by atoms with van der Waals surface area (Å²) in [6, 6.07) is 1.20. The standard InChI is InChI=1S/C9H21N3/c1-8(6-10)12(2)9-4-3-5-11-7-9/h8-9,11H,3-7,10H2,1-2H3. The molecule has 0 aromatic heterocycles. The molecule has 12 heavy (non-hydrogen) atoms. The Morgan fingerprint density at radius 1 is 1.67 bits per heavy atom. The molecule has 0 amide bonds. The maximum Gasteiger partial charge on any atom is 0.0221 e. The molecule has 1 fully saturated rings. The number of hydrogen-bond donors (Lipinski definition) is 2. The highest BCUT2D eigenvalue weighted by Crippen LogP contribution is 2.10. The van der Waals surface area contributed by atoms with Gasteiger partial charge in [0, 0.05) is 25.2 Å². The van der Waals surface area contributed by atoms with E-state index in [1.165, 1.54) is 19.4 Å². The molecule has 2 atom stereocenters. The van der Waals surface area contributed by atoms with Crippen LogP contribution in [0.25, 0.3) is 0 Å². The van der Waals surface area contributed by atoms with Gasteiger partial charge in [-0.3, -0.25) is 4.90 Å². The SMILES string of the molecule is CC(CN)N(C)C1CCCNC1. The highest BCUT2D eigenvalue weighted by molar-refractivity contribution is 4.79. The molecule has 3 heteroatoms. The zero-order chi connectivity index (χ0) is 8.97. The molecule has 2 unspecified atom stereocenters. The van der Waals surface area contributed by atoms with E-state index >= 15 is 0 Å². The molecule has 1 saturated heterocycles. The number of piperidine rings is 1. The summed E-state index contributed by atoms with van der Waals surface area (Å²) in [6.07, 6.45) is 2.61. The van der Waals surface area contributed by atoms with Gasteiger partial charge in [-0.1, -0.05) is 0 Å². The van der Waals surface area contributed by atoms with Crippen molar-refractivity contribution in [3.05, 3.63) is 0 Å². The second-order valence-corrected chi connectivity index (χ2v) is 3.75. The molecule has 0 bridgehead atoms. The van der Waals surface area contributed by atoms with Gasteiger partial charge in [0.05, 0.1) is 0 Å². The third-order valence-corrected chi connectivity index (χ3v) is 2.88. The van der Waals surface area contributed by atoms with Crippen molar-refractivity contribution in [1.29, 1.82) is 0 Å². The van der Waals surface area contributed by atoms with Crippen LogP contribution in [0.4, 0.5) is 0 Å². The van der Waals surface area contributed by atoms with Crippen molar-refractivity contribution in [2.45, 2.75) is 31.8 Å². The van der Waals surface area contributed by atoms with Crippen molar-refractivity contribution in [1.82, 2.24) is 10.2 Å². The van der Waals surface area contributed by atoms with E-state index < -0.39 is 0 Å². The van der Waals surface area contributed by atoms with Crippen molar-refractivity contribution in [3.63, 3.8) is 0 Å². The fourth-order valence-corrected chi connectivity index (χ4v) is 1.71. The van der Waals surface area contributed by atoms with E-state index in [0.29, 0.717) is 12.1 Å². The summed E-state index contributed by atoms with van der Waals surface area (Å²) in [7, 11) is 2.18. The zero-order valence-electron chi connectivity index (χ0n) is 8.21. The smallest absolute Gasteiger partial charge is 0.0221 e. The van der Waals surface area contributed by atoms with Crippen LogP contribution >= 0.6 is 0 Å². The van der Waals surface area contributed by atoms with Gasteiger partial charge in [-0.15, -0.1) is 0 Å². The van der Waals surface area contributed by atoms with Crippen molar-refractivity contribution >= 4 is 0 Å². The summed E-state index contributed by atoms with van der Waals surface area (Å²) >= 11 is 0. The van der Waals surface area contributed by atoms with Gasteiger partial charge in [-0.25, -0.2) is 0 Å². The van der Waals surface area contributed by atoms with Gasteiger partial charge in [0.1, 0.15) is 0 Å². The predicted octanol–water partition coefficient (Wildman–Crippen LogP) is 0.0174. The van der Waals surface area contributed by atoms with Crippen molar-refractivity contribution in [3.8, 4) is 0 Å². The van der Waals surface area contributed by atoms with E-state index in [9.17, 15) is 0 Å². The Morgan fingerprint density at radius 3 is 2.92 bits per heavy atom. The minimum Gasteiger partial charge on any atom is -0.329 e. The molecule has 0 saturated carbocycles. The molecule has 1 heterocycles. The van der Waals surface area contributed by atoms with Crippen LogP contribution in [0.15, 0.2) is 0 Å². The first-order chi connectivity index (χ1) is 5.75. The Labute approximate surface area is 75.3 Å². The fraction of sp³-hybridized carbons (Fsp3) is 1.00. The molecule has 3 nitrogen and oxygen atoms in total. The third-order valence-electron chi connectivity index (χ3n) is 2.88. The lowest BCUT2D eigenvalue weighted by Gasteiger charge is -2.35. The summed E-state index contributed by atoms with van der Waals surface area (Å²) in [5, 5.41) is 3.41. The minimum absolute atomic E-state index is 0.509. The van der Waals surface area contributed by atoms with Crippen molar-refractivity contribution in [2.24, 2.45) is 5.73 Å². The summed E-state index contributed by atoms with van der Waals surface area (Å²) in [6.45, 7) is 5.25. The Bertz CT molecular complexity index is 121. The Hall–Kier alpha value is -0.120. The lowest BCUT2D eigenvalue weighted by atomic mass is 10.1. The van der Waals surface area contributed by atoms with E-state index in [4.69, 9.17) is 5.73 Å². The first-order valence-electron chi connectivity index (χ1n) is 4.88. The summed E-state index contributed by atoms with van der Waals surface area (Å²) in [5.74, 6) is 0. The van der Waals surface area contributed by atoms with Crippen LogP contribution in [-0.2, 0) is 0 Å². The first kappa shape index (κ1) is 9.96. The van der Waals surface area contributed by atoms with Gasteiger partial charge in [-0.05, 0) is 33.4 Å². The van der Waals surface area contributed by atoms with Gasteiger partial charge < -0.3 is 11.1 Å². The topological polar surface area (TPSA) is 41.3 Å². The molecule has 1 aliphatic rings. The van der Waals surface area contributed by atoms with Gasteiger partial charge in [0.15, 0.2) is 0 Å². The molecule has 0 radical (unpaired) electrons. The molecule has 1 aliphatic heterocycles. The second-order valence-electron chi connectivity index (χ2n) is 3.75. The largest absolute Gasteiger partial charge is 0.329 e. The maximum atomic E-state index is 5.62. The monoisotopic (exact) mass is 171 g/mol. The lowest BCUT2D eigenvalue weighted by molar-refractivity contribution is 0.159. The van der Waals surface area contributed by atoms with Gasteiger partial charge in [0.25, 0.3) is 0 Å². The van der Waals surface area contributed by atoms with E-state index in [1.807, 2.05) is 0 Å². The van der Waals surface area contributed by atoms with Gasteiger partial charge >= 0.3 is 0 Å². The van der Waals surface area contributed by atoms with Crippen LogP contribution in [0, 0.1) is 0 Å². The van der Waals surface area contributed by atoms with Crippen molar-refractivity contribution in [2.75, 3.05) is 26.7 Å². The predicted molar refractivity (Wildman–Crippen MR) is 52.2 cm³/mol. The van der Waals surface area contributed by atoms with Crippen molar-refractivity contribution < 1.29 is 0 Å². The van der Waals surface area contributed by atoms with E-state index in [-0.39, 0.29) is 0 Å². The number of nitrogens with one attached hydrogen (secondary N) is 1. The molecule has 0 aromatic rings. The van der Waals surface area contributed by atoms with E-state index in [2.05, 4.69) is 24.2 Å². The summed E-state index contributed by atoms with van der Waals surface area (Å²) in [5.41, 5.74) is 5.62. The molecule has 0 aromatic carbocycles. The van der Waals surface area contributed by atoms with Crippen LogP contribution in [0.5, 0.6) is 0 Å². The number of nitrogens with zero attached hydrogens (tertiary/aromatic N) is 1. The molecule has 72 valence electrons. The number of rotatable bonds is 3.